The lowest BCUT2D eigenvalue weighted by Gasteiger charge is -2.40. The molecule has 1 aromatic heterocycles. The van der Waals surface area contributed by atoms with Gasteiger partial charge in [-0.3, -0.25) is 9.69 Å². The second-order valence-electron chi connectivity index (χ2n) is 13.0. The molecule has 3 heterocycles. The normalized spacial score (nSPS) is 22.2. The fraction of sp³-hybridized carbons (Fsp3) is 0.417. The van der Waals surface area contributed by atoms with Crippen molar-refractivity contribution in [2.45, 2.75) is 63.8 Å². The van der Waals surface area contributed by atoms with Crippen LogP contribution in [0.3, 0.4) is 0 Å². The average Bonchev–Trinajstić information content (AvgIpc) is 3.68. The minimum atomic E-state index is -0.762. The lowest BCUT2D eigenvalue weighted by molar-refractivity contribution is -0.141. The molecule has 46 heavy (non-hydrogen) atoms. The number of aliphatic carboxylic acids is 1. The van der Waals surface area contributed by atoms with Crippen LogP contribution in [0.15, 0.2) is 52.9 Å². The molecule has 1 atom stereocenters. The van der Waals surface area contributed by atoms with Crippen molar-refractivity contribution in [3.63, 3.8) is 0 Å². The van der Waals surface area contributed by atoms with Crippen molar-refractivity contribution in [1.29, 1.82) is 5.26 Å². The fourth-order valence-corrected chi connectivity index (χ4v) is 7.64. The van der Waals surface area contributed by atoms with Gasteiger partial charge in [0.15, 0.2) is 5.58 Å². The molecule has 3 N–H and O–H groups in total. The van der Waals surface area contributed by atoms with E-state index in [2.05, 4.69) is 39.4 Å². The number of aromatic nitrogens is 1. The average molecular weight is 640 g/mol. The summed E-state index contributed by atoms with van der Waals surface area (Å²) in [7, 11) is 0. The van der Waals surface area contributed by atoms with E-state index >= 15 is 0 Å². The zero-order valence-electron chi connectivity index (χ0n) is 25.9. The highest BCUT2D eigenvalue weighted by molar-refractivity contribution is 6.36. The highest BCUT2D eigenvalue weighted by Crippen LogP contribution is 2.41. The van der Waals surface area contributed by atoms with Gasteiger partial charge in [0.1, 0.15) is 11.6 Å². The maximum Gasteiger partial charge on any atom is 0.307 e. The van der Waals surface area contributed by atoms with Gasteiger partial charge in [-0.2, -0.15) is 5.26 Å². The summed E-state index contributed by atoms with van der Waals surface area (Å²) >= 11 is 7.14. The van der Waals surface area contributed by atoms with E-state index in [9.17, 15) is 20.3 Å². The Balaban J connectivity index is 1.12. The zero-order valence-corrected chi connectivity index (χ0v) is 26.6. The Hall–Kier alpha value is -3.94. The van der Waals surface area contributed by atoms with Crippen LogP contribution in [-0.2, 0) is 11.3 Å². The number of hydrogen-bond donors (Lipinski definition) is 3. The number of fused-ring (bicyclic) bond motifs is 1. The van der Waals surface area contributed by atoms with E-state index in [1.54, 1.807) is 0 Å². The summed E-state index contributed by atoms with van der Waals surface area (Å²) in [5, 5.41) is 33.4. The highest BCUT2D eigenvalue weighted by Gasteiger charge is 2.31. The predicted octanol–water partition coefficient (Wildman–Crippen LogP) is 5.98. The van der Waals surface area contributed by atoms with Crippen LogP contribution in [0.1, 0.15) is 48.8 Å². The van der Waals surface area contributed by atoms with Crippen LogP contribution < -0.4 is 10.2 Å². The van der Waals surface area contributed by atoms with Gasteiger partial charge in [0.2, 0.25) is 5.89 Å². The summed E-state index contributed by atoms with van der Waals surface area (Å²) in [5.74, 6) is -0.678. The Morgan fingerprint density at radius 2 is 1.80 bits per heavy atom. The van der Waals surface area contributed by atoms with Gasteiger partial charge < -0.3 is 24.8 Å². The van der Waals surface area contributed by atoms with Crippen molar-refractivity contribution in [1.82, 2.24) is 15.2 Å². The summed E-state index contributed by atoms with van der Waals surface area (Å²) in [4.78, 5) is 20.7. The predicted molar refractivity (Wildman–Crippen MR) is 178 cm³/mol. The SMILES string of the molecule is Cc1c(-c2nc3cc(CN4CCC(C(=O)O)C4)cc(C#N)c3o2)cccc1-c1cccc(N2CCC(NC3CC(O)C3)CC2)c1Cl. The topological polar surface area (TPSA) is 126 Å². The Morgan fingerprint density at radius 3 is 2.52 bits per heavy atom. The van der Waals surface area contributed by atoms with E-state index in [-0.39, 0.29) is 12.0 Å². The van der Waals surface area contributed by atoms with Gasteiger partial charge >= 0.3 is 5.97 Å². The quantitative estimate of drug-likeness (QED) is 0.213. The van der Waals surface area contributed by atoms with Crippen molar-refractivity contribution < 1.29 is 19.4 Å². The molecule has 9 nitrogen and oxygen atoms in total. The number of carboxylic acids is 1. The molecule has 1 saturated carbocycles. The fourth-order valence-electron chi connectivity index (χ4n) is 7.29. The number of rotatable bonds is 8. The van der Waals surface area contributed by atoms with Crippen molar-refractivity contribution in [3.05, 3.63) is 70.2 Å². The number of aliphatic hydroxyl groups excluding tert-OH is 1. The number of carbonyl (C=O) groups is 1. The molecule has 0 radical (unpaired) electrons. The van der Waals surface area contributed by atoms with Crippen molar-refractivity contribution in [2.24, 2.45) is 5.92 Å². The number of nitrogens with one attached hydrogen (secondary N) is 1. The standard InChI is InChI=1S/C36H38ClN5O4/c1-21-28(30-6-3-7-32(33(30)37)42-12-9-25(10-13-42)39-26-16-27(43)17-26)4-2-5-29(21)35-40-31-15-22(14-24(18-38)34(31)46-35)19-41-11-8-23(20-41)36(44)45/h2-7,14-15,23,25-27,39,43H,8-13,16-17,19-20H2,1H3,(H,44,45). The molecule has 3 aromatic carbocycles. The molecule has 2 aliphatic heterocycles. The minimum absolute atomic E-state index is 0.145. The Labute approximate surface area is 273 Å². The number of anilines is 1. The van der Waals surface area contributed by atoms with E-state index in [0.717, 1.165) is 77.3 Å². The molecule has 0 bridgehead atoms. The van der Waals surface area contributed by atoms with Crippen LogP contribution >= 0.6 is 11.6 Å². The molecule has 238 valence electrons. The lowest BCUT2D eigenvalue weighted by atomic mass is 9.88. The third-order valence-electron chi connectivity index (χ3n) is 9.95. The molecule has 4 aromatic rings. The van der Waals surface area contributed by atoms with Crippen LogP contribution in [0, 0.1) is 24.2 Å². The Bertz CT molecular complexity index is 1820. The van der Waals surface area contributed by atoms with Crippen LogP contribution in [0.4, 0.5) is 5.69 Å². The van der Waals surface area contributed by atoms with E-state index in [4.69, 9.17) is 21.0 Å². The van der Waals surface area contributed by atoms with Crippen molar-refractivity contribution in [2.75, 3.05) is 31.1 Å². The molecular weight excluding hydrogens is 602 g/mol. The number of halogens is 1. The second-order valence-corrected chi connectivity index (χ2v) is 13.4. The molecule has 3 fully saturated rings. The smallest absolute Gasteiger partial charge is 0.307 e. The summed E-state index contributed by atoms with van der Waals surface area (Å²) in [6.07, 6.45) is 4.26. The number of benzene rings is 3. The van der Waals surface area contributed by atoms with Crippen LogP contribution in [0.2, 0.25) is 5.02 Å². The first-order chi connectivity index (χ1) is 22.3. The first-order valence-corrected chi connectivity index (χ1v) is 16.5. The van der Waals surface area contributed by atoms with Crippen LogP contribution in [0.25, 0.3) is 33.7 Å². The number of likely N-dealkylation sites (tertiary alicyclic amines) is 1. The van der Waals surface area contributed by atoms with Gasteiger partial charge in [-0.1, -0.05) is 35.9 Å². The van der Waals surface area contributed by atoms with Crippen molar-refractivity contribution >= 4 is 34.4 Å². The molecular formula is C36H38ClN5O4. The van der Waals surface area contributed by atoms with E-state index in [1.165, 1.54) is 0 Å². The van der Waals surface area contributed by atoms with E-state index in [1.807, 2.05) is 37.3 Å². The summed E-state index contributed by atoms with van der Waals surface area (Å²) < 4.78 is 6.24. The van der Waals surface area contributed by atoms with Gasteiger partial charge in [-0.15, -0.1) is 0 Å². The summed E-state index contributed by atoms with van der Waals surface area (Å²) in [6, 6.07) is 19.1. The van der Waals surface area contributed by atoms with E-state index in [0.29, 0.717) is 60.7 Å². The van der Waals surface area contributed by atoms with E-state index < -0.39 is 5.97 Å². The van der Waals surface area contributed by atoms with Crippen LogP contribution in [-0.4, -0.2) is 70.4 Å². The number of oxazole rings is 1. The number of carboxylic acid groups (broad SMARTS) is 1. The van der Waals surface area contributed by atoms with Gasteiger partial charge in [0.25, 0.3) is 0 Å². The molecule has 3 aliphatic rings. The van der Waals surface area contributed by atoms with Gasteiger partial charge in [0, 0.05) is 49.4 Å². The summed E-state index contributed by atoms with van der Waals surface area (Å²) in [5.41, 5.74) is 7.16. The lowest BCUT2D eigenvalue weighted by Crippen LogP contribution is -2.52. The molecule has 10 heteroatoms. The maximum absolute atomic E-state index is 11.4. The zero-order chi connectivity index (χ0) is 31.9. The van der Waals surface area contributed by atoms with Gasteiger partial charge in [-0.05, 0) is 86.5 Å². The molecule has 1 unspecified atom stereocenters. The largest absolute Gasteiger partial charge is 0.481 e. The first-order valence-electron chi connectivity index (χ1n) is 16.1. The van der Waals surface area contributed by atoms with Crippen LogP contribution in [0.5, 0.6) is 0 Å². The maximum atomic E-state index is 11.4. The third kappa shape index (κ3) is 5.98. The highest BCUT2D eigenvalue weighted by atomic mass is 35.5. The minimum Gasteiger partial charge on any atom is -0.481 e. The number of hydrogen-bond acceptors (Lipinski definition) is 8. The monoisotopic (exact) mass is 639 g/mol. The van der Waals surface area contributed by atoms with Gasteiger partial charge in [0.05, 0.1) is 28.3 Å². The number of aliphatic hydroxyl groups is 1. The number of nitrogens with zero attached hydrogens (tertiary/aromatic N) is 4. The Kier molecular flexibility index (Phi) is 8.47. The summed E-state index contributed by atoms with van der Waals surface area (Å²) in [6.45, 7) is 5.63. The molecule has 2 saturated heterocycles. The second kappa shape index (κ2) is 12.7. The molecule has 1 aliphatic carbocycles. The molecule has 7 rings (SSSR count). The van der Waals surface area contributed by atoms with Crippen molar-refractivity contribution in [3.8, 4) is 28.7 Å². The molecule has 0 amide bonds. The number of piperidine rings is 1. The number of nitriles is 1. The van der Waals surface area contributed by atoms with Gasteiger partial charge in [-0.25, -0.2) is 4.98 Å². The third-order valence-corrected chi connectivity index (χ3v) is 10.3. The first kappa shape index (κ1) is 30.7. The molecule has 0 spiro atoms. The Morgan fingerprint density at radius 1 is 1.07 bits per heavy atom.